The first kappa shape index (κ1) is 13.4. The average Bonchev–Trinajstić information content (AvgIpc) is 2.42. The Morgan fingerprint density at radius 2 is 2.44 bits per heavy atom. The Balaban J connectivity index is 2.10. The Morgan fingerprint density at radius 1 is 1.56 bits per heavy atom. The molecule has 0 amide bonds. The van der Waals surface area contributed by atoms with Gasteiger partial charge in [-0.15, -0.1) is 0 Å². The van der Waals surface area contributed by atoms with Gasteiger partial charge in [-0.2, -0.15) is 0 Å². The van der Waals surface area contributed by atoms with E-state index in [1.54, 1.807) is 6.07 Å². The molecule has 2 heterocycles. The maximum Gasteiger partial charge on any atom is 0.141 e. The molecule has 1 fully saturated rings. The summed E-state index contributed by atoms with van der Waals surface area (Å²) in [6, 6.07) is 3.43. The van der Waals surface area contributed by atoms with Crippen molar-refractivity contribution in [2.75, 3.05) is 19.8 Å². The van der Waals surface area contributed by atoms with Gasteiger partial charge in [-0.3, -0.25) is 4.98 Å². The van der Waals surface area contributed by atoms with Crippen molar-refractivity contribution in [3.05, 3.63) is 29.8 Å². The summed E-state index contributed by atoms with van der Waals surface area (Å²) < 4.78 is 18.5. The minimum absolute atomic E-state index is 0.172. The zero-order valence-electron chi connectivity index (χ0n) is 10.9. The molecule has 0 radical (unpaired) electrons. The lowest BCUT2D eigenvalue weighted by molar-refractivity contribution is 0.0384. The molecule has 0 aliphatic carbocycles. The number of halogens is 1. The van der Waals surface area contributed by atoms with Gasteiger partial charge in [0.25, 0.3) is 0 Å². The quantitative estimate of drug-likeness (QED) is 0.875. The predicted octanol–water partition coefficient (Wildman–Crippen LogP) is 2.69. The standard InChI is InChI=1S/C14H21FN2O/c1-2-7-16-14(11-4-3-8-18-10-11)13-6-5-12(15)9-17-13/h5-6,9,11,14,16H,2-4,7-8,10H2,1H3. The highest BCUT2D eigenvalue weighted by molar-refractivity contribution is 5.11. The monoisotopic (exact) mass is 252 g/mol. The van der Waals surface area contributed by atoms with Crippen LogP contribution in [0.15, 0.2) is 18.3 Å². The summed E-state index contributed by atoms with van der Waals surface area (Å²) in [7, 11) is 0. The first-order chi connectivity index (χ1) is 8.81. The Bertz CT molecular complexity index is 349. The van der Waals surface area contributed by atoms with E-state index in [9.17, 15) is 4.39 Å². The zero-order chi connectivity index (χ0) is 12.8. The Labute approximate surface area is 108 Å². The minimum atomic E-state index is -0.284. The van der Waals surface area contributed by atoms with Crippen LogP contribution in [0.4, 0.5) is 4.39 Å². The number of nitrogens with one attached hydrogen (secondary N) is 1. The lowest BCUT2D eigenvalue weighted by Crippen LogP contribution is -2.34. The smallest absolute Gasteiger partial charge is 0.141 e. The summed E-state index contributed by atoms with van der Waals surface area (Å²) in [4.78, 5) is 4.21. The van der Waals surface area contributed by atoms with E-state index in [1.165, 1.54) is 12.3 Å². The molecule has 4 heteroatoms. The van der Waals surface area contributed by atoms with Crippen LogP contribution in [0.25, 0.3) is 0 Å². The number of hydrogen-bond donors (Lipinski definition) is 1. The molecule has 18 heavy (non-hydrogen) atoms. The van der Waals surface area contributed by atoms with Crippen LogP contribution in [0.5, 0.6) is 0 Å². The lowest BCUT2D eigenvalue weighted by Gasteiger charge is -2.30. The van der Waals surface area contributed by atoms with E-state index < -0.39 is 0 Å². The van der Waals surface area contributed by atoms with Gasteiger partial charge in [0.1, 0.15) is 5.82 Å². The predicted molar refractivity (Wildman–Crippen MR) is 68.8 cm³/mol. The second kappa shape index (κ2) is 6.81. The van der Waals surface area contributed by atoms with Gasteiger partial charge in [0.05, 0.1) is 24.5 Å². The van der Waals surface area contributed by atoms with Gasteiger partial charge in [-0.25, -0.2) is 4.39 Å². The van der Waals surface area contributed by atoms with E-state index in [-0.39, 0.29) is 11.9 Å². The first-order valence-corrected chi connectivity index (χ1v) is 6.74. The SMILES string of the molecule is CCCNC(c1ccc(F)cn1)C1CCCOC1. The van der Waals surface area contributed by atoms with Crippen LogP contribution in [0.3, 0.4) is 0 Å². The number of rotatable bonds is 5. The Morgan fingerprint density at radius 3 is 3.06 bits per heavy atom. The molecule has 1 aromatic rings. The fraction of sp³-hybridized carbons (Fsp3) is 0.643. The van der Waals surface area contributed by atoms with Crippen LogP contribution < -0.4 is 5.32 Å². The molecule has 2 atom stereocenters. The molecule has 1 saturated heterocycles. The average molecular weight is 252 g/mol. The zero-order valence-corrected chi connectivity index (χ0v) is 10.9. The van der Waals surface area contributed by atoms with Crippen molar-refractivity contribution in [1.29, 1.82) is 0 Å². The van der Waals surface area contributed by atoms with Crippen molar-refractivity contribution < 1.29 is 9.13 Å². The third-order valence-electron chi connectivity index (χ3n) is 3.35. The minimum Gasteiger partial charge on any atom is -0.381 e. The van der Waals surface area contributed by atoms with Gasteiger partial charge in [0.2, 0.25) is 0 Å². The maximum atomic E-state index is 12.9. The molecule has 1 aliphatic rings. The van der Waals surface area contributed by atoms with Crippen molar-refractivity contribution in [2.24, 2.45) is 5.92 Å². The maximum absolute atomic E-state index is 12.9. The summed E-state index contributed by atoms with van der Waals surface area (Å²) in [5.74, 6) is 0.149. The molecule has 0 spiro atoms. The highest BCUT2D eigenvalue weighted by atomic mass is 19.1. The van der Waals surface area contributed by atoms with Crippen LogP contribution in [-0.4, -0.2) is 24.7 Å². The molecule has 1 aliphatic heterocycles. The summed E-state index contributed by atoms with van der Waals surface area (Å²) >= 11 is 0. The van der Waals surface area contributed by atoms with E-state index in [0.29, 0.717) is 5.92 Å². The molecule has 100 valence electrons. The molecule has 1 aromatic heterocycles. The van der Waals surface area contributed by atoms with Crippen molar-refractivity contribution in [1.82, 2.24) is 10.3 Å². The van der Waals surface area contributed by atoms with E-state index in [0.717, 1.165) is 44.7 Å². The van der Waals surface area contributed by atoms with Crippen LogP contribution >= 0.6 is 0 Å². The molecule has 3 nitrogen and oxygen atoms in total. The summed E-state index contributed by atoms with van der Waals surface area (Å²) in [6.07, 6.45) is 4.60. The van der Waals surface area contributed by atoms with Crippen molar-refractivity contribution >= 4 is 0 Å². The van der Waals surface area contributed by atoms with Gasteiger partial charge < -0.3 is 10.1 Å². The second-order valence-electron chi connectivity index (χ2n) is 4.81. The topological polar surface area (TPSA) is 34.2 Å². The molecular formula is C14H21FN2O. The molecule has 0 aromatic carbocycles. The lowest BCUT2D eigenvalue weighted by atomic mass is 9.91. The van der Waals surface area contributed by atoms with Crippen molar-refractivity contribution in [3.63, 3.8) is 0 Å². The Hall–Kier alpha value is -1.00. The Kier molecular flexibility index (Phi) is 5.08. The summed E-state index contributed by atoms with van der Waals surface area (Å²) in [5.41, 5.74) is 0.917. The highest BCUT2D eigenvalue weighted by Crippen LogP contribution is 2.27. The van der Waals surface area contributed by atoms with Gasteiger partial charge in [-0.05, 0) is 37.9 Å². The van der Waals surface area contributed by atoms with Crippen molar-refractivity contribution in [2.45, 2.75) is 32.2 Å². The number of aromatic nitrogens is 1. The number of hydrogen-bond acceptors (Lipinski definition) is 3. The van der Waals surface area contributed by atoms with Gasteiger partial charge in [-0.1, -0.05) is 6.92 Å². The fourth-order valence-electron chi connectivity index (χ4n) is 2.41. The normalized spacial score (nSPS) is 21.8. The molecule has 0 saturated carbocycles. The third kappa shape index (κ3) is 3.50. The van der Waals surface area contributed by atoms with Crippen LogP contribution in [-0.2, 0) is 4.74 Å². The van der Waals surface area contributed by atoms with Crippen LogP contribution in [0, 0.1) is 11.7 Å². The van der Waals surface area contributed by atoms with E-state index in [2.05, 4.69) is 17.2 Å². The van der Waals surface area contributed by atoms with Gasteiger partial charge >= 0.3 is 0 Å². The molecule has 2 unspecified atom stereocenters. The molecular weight excluding hydrogens is 231 g/mol. The molecule has 0 bridgehead atoms. The number of pyridine rings is 1. The second-order valence-corrected chi connectivity index (χ2v) is 4.81. The largest absolute Gasteiger partial charge is 0.381 e. The van der Waals surface area contributed by atoms with E-state index >= 15 is 0 Å². The number of nitrogens with zero attached hydrogens (tertiary/aromatic N) is 1. The summed E-state index contributed by atoms with van der Waals surface area (Å²) in [5, 5.41) is 3.51. The van der Waals surface area contributed by atoms with Crippen LogP contribution in [0.2, 0.25) is 0 Å². The third-order valence-corrected chi connectivity index (χ3v) is 3.35. The molecule has 1 N–H and O–H groups in total. The molecule has 2 rings (SSSR count). The summed E-state index contributed by atoms with van der Waals surface area (Å²) in [6.45, 7) is 4.70. The van der Waals surface area contributed by atoms with Crippen molar-refractivity contribution in [3.8, 4) is 0 Å². The van der Waals surface area contributed by atoms with Gasteiger partial charge in [0.15, 0.2) is 0 Å². The van der Waals surface area contributed by atoms with E-state index in [1.807, 2.05) is 0 Å². The van der Waals surface area contributed by atoms with E-state index in [4.69, 9.17) is 4.74 Å². The number of ether oxygens (including phenoxy) is 1. The van der Waals surface area contributed by atoms with Gasteiger partial charge in [0, 0.05) is 12.5 Å². The van der Waals surface area contributed by atoms with Crippen LogP contribution in [0.1, 0.15) is 37.9 Å². The fourth-order valence-corrected chi connectivity index (χ4v) is 2.41. The first-order valence-electron chi connectivity index (χ1n) is 6.74. The highest BCUT2D eigenvalue weighted by Gasteiger charge is 2.26.